The van der Waals surface area contributed by atoms with Gasteiger partial charge in [-0.3, -0.25) is 4.79 Å². The molecular formula is C25H24N6O2. The number of rotatable bonds is 7. The van der Waals surface area contributed by atoms with Gasteiger partial charge in [-0.15, -0.1) is 5.10 Å². The van der Waals surface area contributed by atoms with Gasteiger partial charge in [0.25, 0.3) is 5.91 Å². The Kier molecular flexibility index (Phi) is 6.36. The molecule has 3 aromatic carbocycles. The summed E-state index contributed by atoms with van der Waals surface area (Å²) in [5.41, 5.74) is 15.1. The summed E-state index contributed by atoms with van der Waals surface area (Å²) in [6.07, 6.45) is 0. The number of guanidine groups is 1. The Hall–Kier alpha value is -4.59. The third-order valence-corrected chi connectivity index (χ3v) is 4.96. The van der Waals surface area contributed by atoms with Crippen LogP contribution in [0.4, 0.5) is 5.69 Å². The molecule has 4 rings (SSSR count). The van der Waals surface area contributed by atoms with Crippen LogP contribution in [0.3, 0.4) is 0 Å². The first-order valence-electron chi connectivity index (χ1n) is 10.3. The van der Waals surface area contributed by atoms with Crippen molar-refractivity contribution in [3.63, 3.8) is 0 Å². The van der Waals surface area contributed by atoms with Crippen molar-refractivity contribution in [2.24, 2.45) is 21.7 Å². The molecule has 1 heterocycles. The topological polar surface area (TPSA) is 131 Å². The van der Waals surface area contributed by atoms with Crippen LogP contribution >= 0.6 is 0 Å². The third-order valence-electron chi connectivity index (χ3n) is 4.96. The smallest absolute Gasteiger partial charge is 0.272 e. The van der Waals surface area contributed by atoms with Crippen LogP contribution in [-0.4, -0.2) is 22.6 Å². The van der Waals surface area contributed by atoms with Crippen LogP contribution in [0.15, 0.2) is 89.1 Å². The van der Waals surface area contributed by atoms with Crippen LogP contribution in [0, 0.1) is 0 Å². The molecule has 0 fully saturated rings. The highest BCUT2D eigenvalue weighted by Crippen LogP contribution is 2.23. The van der Waals surface area contributed by atoms with Crippen LogP contribution in [0.1, 0.15) is 28.5 Å². The molecule has 33 heavy (non-hydrogen) atoms. The monoisotopic (exact) mass is 440 g/mol. The van der Waals surface area contributed by atoms with E-state index in [1.54, 1.807) is 25.1 Å². The van der Waals surface area contributed by atoms with E-state index in [4.69, 9.17) is 16.2 Å². The van der Waals surface area contributed by atoms with Gasteiger partial charge in [-0.05, 0) is 54.4 Å². The number of amides is 1. The van der Waals surface area contributed by atoms with E-state index >= 15 is 0 Å². The Balaban J connectivity index is 1.42. The first kappa shape index (κ1) is 21.6. The van der Waals surface area contributed by atoms with Crippen LogP contribution in [-0.2, 0) is 6.61 Å². The molecule has 0 aliphatic rings. The molecule has 0 unspecified atom stereocenters. The van der Waals surface area contributed by atoms with Crippen molar-refractivity contribution in [2.45, 2.75) is 13.5 Å². The Labute approximate surface area is 191 Å². The first-order valence-corrected chi connectivity index (χ1v) is 10.3. The number of anilines is 1. The second kappa shape index (κ2) is 9.69. The molecule has 0 spiro atoms. The fourth-order valence-electron chi connectivity index (χ4n) is 3.25. The number of hydrogen-bond donors (Lipinski definition) is 4. The Bertz CT molecular complexity index is 1320. The van der Waals surface area contributed by atoms with E-state index in [9.17, 15) is 4.79 Å². The zero-order valence-electron chi connectivity index (χ0n) is 18.1. The van der Waals surface area contributed by atoms with Gasteiger partial charge in [0.2, 0.25) is 5.96 Å². The first-order chi connectivity index (χ1) is 16.0. The number of nitrogens with one attached hydrogen (secondary N) is 2. The summed E-state index contributed by atoms with van der Waals surface area (Å²) in [7, 11) is 0. The summed E-state index contributed by atoms with van der Waals surface area (Å²) in [6.45, 7) is 2.28. The number of carbonyl (C=O) groups excluding carboxylic acids is 1. The average Bonchev–Trinajstić information content (AvgIpc) is 3.26. The normalized spacial score (nSPS) is 11.2. The molecule has 0 aliphatic carbocycles. The van der Waals surface area contributed by atoms with E-state index < -0.39 is 0 Å². The predicted octanol–water partition coefficient (Wildman–Crippen LogP) is 4.00. The molecule has 166 valence electrons. The summed E-state index contributed by atoms with van der Waals surface area (Å²) >= 11 is 0. The van der Waals surface area contributed by atoms with Gasteiger partial charge in [-0.25, -0.2) is 0 Å². The highest BCUT2D eigenvalue weighted by atomic mass is 16.5. The quantitative estimate of drug-likeness (QED) is 0.196. The van der Waals surface area contributed by atoms with E-state index in [1.807, 2.05) is 60.7 Å². The number of hydrogen-bond acceptors (Lipinski definition) is 4. The Morgan fingerprint density at radius 3 is 2.45 bits per heavy atom. The molecule has 8 heteroatoms. The van der Waals surface area contributed by atoms with Crippen LogP contribution < -0.4 is 21.5 Å². The van der Waals surface area contributed by atoms with Crippen LogP contribution in [0.5, 0.6) is 5.75 Å². The predicted molar refractivity (Wildman–Crippen MR) is 131 cm³/mol. The van der Waals surface area contributed by atoms with E-state index in [1.165, 1.54) is 0 Å². The summed E-state index contributed by atoms with van der Waals surface area (Å²) in [5.74, 6) is 0.397. The average molecular weight is 441 g/mol. The molecule has 1 aromatic heterocycles. The number of ether oxygens (including phenoxy) is 1. The van der Waals surface area contributed by atoms with Crippen molar-refractivity contribution in [2.75, 3.05) is 5.32 Å². The van der Waals surface area contributed by atoms with Crippen molar-refractivity contribution in [3.05, 3.63) is 95.7 Å². The lowest BCUT2D eigenvalue weighted by atomic mass is 10.1. The van der Waals surface area contributed by atoms with Crippen LogP contribution in [0.25, 0.3) is 10.9 Å². The molecule has 1 amide bonds. The minimum absolute atomic E-state index is 0.105. The molecule has 0 saturated carbocycles. The minimum atomic E-state index is -0.239. The molecule has 0 saturated heterocycles. The number of aromatic nitrogens is 1. The number of nitrogens with zero attached hydrogens (tertiary/aromatic N) is 2. The van der Waals surface area contributed by atoms with Gasteiger partial charge in [0, 0.05) is 16.6 Å². The molecule has 0 radical (unpaired) electrons. The molecular weight excluding hydrogens is 416 g/mol. The van der Waals surface area contributed by atoms with Gasteiger partial charge in [0.15, 0.2) is 0 Å². The number of fused-ring (bicyclic) bond motifs is 1. The minimum Gasteiger partial charge on any atom is -0.489 e. The van der Waals surface area contributed by atoms with Gasteiger partial charge in [-0.1, -0.05) is 42.5 Å². The lowest BCUT2D eigenvalue weighted by Crippen LogP contribution is -2.22. The van der Waals surface area contributed by atoms with Crippen molar-refractivity contribution in [1.29, 1.82) is 0 Å². The third kappa shape index (κ3) is 5.56. The molecule has 0 aliphatic heterocycles. The Morgan fingerprint density at radius 1 is 0.970 bits per heavy atom. The molecule has 8 nitrogen and oxygen atoms in total. The SMILES string of the molecule is CC(=NN=C(N)N)c1ccc(NC(=O)c2cc3cc(OCc4ccccc4)ccc3[nH]2)cc1. The molecule has 0 atom stereocenters. The van der Waals surface area contributed by atoms with Crippen LogP contribution in [0.2, 0.25) is 0 Å². The number of nitrogens with two attached hydrogens (primary N) is 2. The van der Waals surface area contributed by atoms with E-state index in [2.05, 4.69) is 20.5 Å². The second-order valence-corrected chi connectivity index (χ2v) is 7.45. The summed E-state index contributed by atoms with van der Waals surface area (Å²) < 4.78 is 5.88. The summed E-state index contributed by atoms with van der Waals surface area (Å²) in [6, 6.07) is 24.7. The van der Waals surface area contributed by atoms with Crippen molar-refractivity contribution < 1.29 is 9.53 Å². The largest absolute Gasteiger partial charge is 0.489 e. The van der Waals surface area contributed by atoms with E-state index in [0.29, 0.717) is 23.7 Å². The van der Waals surface area contributed by atoms with Gasteiger partial charge < -0.3 is 26.5 Å². The van der Waals surface area contributed by atoms with Gasteiger partial charge in [-0.2, -0.15) is 5.10 Å². The molecule has 4 aromatic rings. The zero-order valence-corrected chi connectivity index (χ0v) is 18.1. The van der Waals surface area contributed by atoms with Crippen molar-refractivity contribution in [3.8, 4) is 5.75 Å². The summed E-state index contributed by atoms with van der Waals surface area (Å²) in [5, 5.41) is 11.4. The fraction of sp³-hybridized carbons (Fsp3) is 0.0800. The van der Waals surface area contributed by atoms with E-state index in [0.717, 1.165) is 27.8 Å². The zero-order chi connectivity index (χ0) is 23.2. The van der Waals surface area contributed by atoms with Gasteiger partial charge in [0.05, 0.1) is 5.71 Å². The number of benzene rings is 3. The summed E-state index contributed by atoms with van der Waals surface area (Å²) in [4.78, 5) is 15.9. The highest BCUT2D eigenvalue weighted by molar-refractivity contribution is 6.06. The maximum absolute atomic E-state index is 12.7. The van der Waals surface area contributed by atoms with Gasteiger partial charge >= 0.3 is 0 Å². The lowest BCUT2D eigenvalue weighted by Gasteiger charge is -2.06. The maximum Gasteiger partial charge on any atom is 0.272 e. The van der Waals surface area contributed by atoms with E-state index in [-0.39, 0.29) is 11.9 Å². The molecule has 6 N–H and O–H groups in total. The number of aromatic amines is 1. The fourth-order valence-corrected chi connectivity index (χ4v) is 3.25. The lowest BCUT2D eigenvalue weighted by molar-refractivity contribution is 0.102. The maximum atomic E-state index is 12.7. The number of H-pyrrole nitrogens is 1. The standard InChI is InChI=1S/C25H24N6O2/c1-16(30-31-25(26)27)18-7-9-20(10-8-18)28-24(32)23-14-19-13-21(11-12-22(19)29-23)33-15-17-5-3-2-4-6-17/h2-14,29H,15H2,1H3,(H,28,32)(H4,26,27,31). The van der Waals surface area contributed by atoms with Gasteiger partial charge in [0.1, 0.15) is 18.1 Å². The Morgan fingerprint density at radius 2 is 1.73 bits per heavy atom. The number of carbonyl (C=O) groups is 1. The van der Waals surface area contributed by atoms with Crippen molar-refractivity contribution >= 4 is 34.2 Å². The van der Waals surface area contributed by atoms with Crippen molar-refractivity contribution in [1.82, 2.24) is 4.98 Å². The second-order valence-electron chi connectivity index (χ2n) is 7.45. The highest BCUT2D eigenvalue weighted by Gasteiger charge is 2.11. The molecule has 0 bridgehead atoms.